The maximum absolute atomic E-state index is 12.9. The average molecular weight is 353 g/mol. The quantitative estimate of drug-likeness (QED) is 0.828. The molecule has 0 atom stereocenters. The largest absolute Gasteiger partial charge is 0.477 e. The van der Waals surface area contributed by atoms with Crippen molar-refractivity contribution in [2.75, 3.05) is 6.54 Å². The third-order valence-corrected chi connectivity index (χ3v) is 6.88. The molecular formula is C16H19NO4S2. The summed E-state index contributed by atoms with van der Waals surface area (Å²) >= 11 is 0.810. The van der Waals surface area contributed by atoms with E-state index in [0.29, 0.717) is 18.5 Å². The molecule has 0 unspecified atom stereocenters. The van der Waals surface area contributed by atoms with Crippen molar-refractivity contribution in [3.8, 4) is 0 Å². The zero-order valence-electron chi connectivity index (χ0n) is 13.0. The van der Waals surface area contributed by atoms with Crippen LogP contribution in [0, 0.1) is 6.92 Å². The number of aryl methyl sites for hydroxylation is 1. The molecule has 0 radical (unpaired) electrons. The fourth-order valence-electron chi connectivity index (χ4n) is 2.24. The SMILES string of the molecule is CCCN(Cc1ccccc1)S(=O)(=O)c1cc(C)c(C(=O)O)s1. The minimum absolute atomic E-state index is 0.0692. The van der Waals surface area contributed by atoms with E-state index in [1.54, 1.807) is 6.92 Å². The van der Waals surface area contributed by atoms with Gasteiger partial charge in [0, 0.05) is 13.1 Å². The van der Waals surface area contributed by atoms with Crippen LogP contribution in [0.25, 0.3) is 0 Å². The number of hydrogen-bond donors (Lipinski definition) is 1. The fourth-order valence-corrected chi connectivity index (χ4v) is 5.29. The first-order chi connectivity index (χ1) is 10.9. The van der Waals surface area contributed by atoms with E-state index in [1.807, 2.05) is 37.3 Å². The zero-order valence-corrected chi connectivity index (χ0v) is 14.7. The normalized spacial score (nSPS) is 11.8. The second-order valence-corrected chi connectivity index (χ2v) is 8.42. The van der Waals surface area contributed by atoms with Crippen molar-refractivity contribution in [1.29, 1.82) is 0 Å². The second-order valence-electron chi connectivity index (χ2n) is 5.21. The zero-order chi connectivity index (χ0) is 17.0. The number of carboxylic acids is 1. The molecule has 0 aliphatic carbocycles. The Kier molecular flexibility index (Phi) is 5.56. The van der Waals surface area contributed by atoms with Gasteiger partial charge in [0.2, 0.25) is 0 Å². The van der Waals surface area contributed by atoms with Crippen LogP contribution in [0.4, 0.5) is 0 Å². The first kappa shape index (κ1) is 17.7. The number of aromatic carboxylic acids is 1. The van der Waals surface area contributed by atoms with E-state index in [4.69, 9.17) is 5.11 Å². The molecule has 1 heterocycles. The Hall–Kier alpha value is -1.70. The summed E-state index contributed by atoms with van der Waals surface area (Å²) in [6.07, 6.45) is 0.683. The maximum atomic E-state index is 12.9. The van der Waals surface area contributed by atoms with Crippen LogP contribution >= 0.6 is 11.3 Å². The Morgan fingerprint density at radius 1 is 1.26 bits per heavy atom. The topological polar surface area (TPSA) is 74.7 Å². The molecule has 0 spiro atoms. The van der Waals surface area contributed by atoms with Crippen molar-refractivity contribution in [3.05, 3.63) is 52.4 Å². The standard InChI is InChI=1S/C16H19NO4S2/c1-3-9-17(11-13-7-5-4-6-8-13)23(20,21)14-10-12(2)15(22-14)16(18)19/h4-8,10H,3,9,11H2,1-2H3,(H,18,19). The molecule has 0 amide bonds. The smallest absolute Gasteiger partial charge is 0.346 e. The van der Waals surface area contributed by atoms with Gasteiger partial charge in [-0.1, -0.05) is 37.3 Å². The molecular weight excluding hydrogens is 334 g/mol. The van der Waals surface area contributed by atoms with E-state index < -0.39 is 16.0 Å². The van der Waals surface area contributed by atoms with Gasteiger partial charge in [-0.05, 0) is 30.5 Å². The van der Waals surface area contributed by atoms with Crippen molar-refractivity contribution in [2.24, 2.45) is 0 Å². The molecule has 2 rings (SSSR count). The Morgan fingerprint density at radius 2 is 1.91 bits per heavy atom. The number of nitrogens with zero attached hydrogens (tertiary/aromatic N) is 1. The summed E-state index contributed by atoms with van der Waals surface area (Å²) in [6, 6.07) is 10.8. The summed E-state index contributed by atoms with van der Waals surface area (Å²) in [4.78, 5) is 11.2. The summed E-state index contributed by atoms with van der Waals surface area (Å²) in [5.74, 6) is -1.10. The summed E-state index contributed by atoms with van der Waals surface area (Å²) in [6.45, 7) is 4.18. The average Bonchev–Trinajstić information content (AvgIpc) is 2.91. The predicted octanol–water partition coefficient (Wildman–Crippen LogP) is 3.36. The highest BCUT2D eigenvalue weighted by atomic mass is 32.2. The highest BCUT2D eigenvalue weighted by Gasteiger charge is 2.28. The summed E-state index contributed by atoms with van der Waals surface area (Å²) in [5.41, 5.74) is 1.37. The summed E-state index contributed by atoms with van der Waals surface area (Å²) in [5, 5.41) is 9.12. The van der Waals surface area contributed by atoms with Crippen molar-refractivity contribution >= 4 is 27.3 Å². The number of hydrogen-bond acceptors (Lipinski definition) is 4. The van der Waals surface area contributed by atoms with Crippen molar-refractivity contribution in [3.63, 3.8) is 0 Å². The molecule has 0 fully saturated rings. The molecule has 7 heteroatoms. The van der Waals surface area contributed by atoms with Gasteiger partial charge in [0.1, 0.15) is 9.09 Å². The Labute approximate surface area is 140 Å². The lowest BCUT2D eigenvalue weighted by atomic mass is 10.2. The van der Waals surface area contributed by atoms with E-state index in [1.165, 1.54) is 10.4 Å². The Balaban J connectivity index is 2.37. The van der Waals surface area contributed by atoms with Crippen molar-refractivity contribution in [2.45, 2.75) is 31.0 Å². The summed E-state index contributed by atoms with van der Waals surface area (Å²) < 4.78 is 27.2. The molecule has 0 aliphatic heterocycles. The number of thiophene rings is 1. The third kappa shape index (κ3) is 3.99. The lowest BCUT2D eigenvalue weighted by Gasteiger charge is -2.20. The first-order valence-electron chi connectivity index (χ1n) is 7.24. The minimum Gasteiger partial charge on any atom is -0.477 e. The summed E-state index contributed by atoms with van der Waals surface area (Å²) in [7, 11) is -3.71. The van der Waals surface area contributed by atoms with Gasteiger partial charge in [0.25, 0.3) is 10.0 Å². The molecule has 5 nitrogen and oxygen atoms in total. The number of carbonyl (C=O) groups is 1. The van der Waals surface area contributed by atoms with Crippen LogP contribution in [-0.4, -0.2) is 30.3 Å². The van der Waals surface area contributed by atoms with Gasteiger partial charge in [-0.2, -0.15) is 4.31 Å². The van der Waals surface area contributed by atoms with E-state index in [-0.39, 0.29) is 15.6 Å². The minimum atomic E-state index is -3.71. The van der Waals surface area contributed by atoms with Gasteiger partial charge in [-0.15, -0.1) is 11.3 Å². The number of benzene rings is 1. The maximum Gasteiger partial charge on any atom is 0.346 e. The van der Waals surface area contributed by atoms with Crippen molar-refractivity contribution < 1.29 is 18.3 Å². The Morgan fingerprint density at radius 3 is 2.43 bits per heavy atom. The molecule has 23 heavy (non-hydrogen) atoms. The molecule has 124 valence electrons. The molecule has 1 N–H and O–H groups in total. The third-order valence-electron chi connectivity index (χ3n) is 3.36. The van der Waals surface area contributed by atoms with E-state index in [9.17, 15) is 13.2 Å². The number of sulfonamides is 1. The van der Waals surface area contributed by atoms with Gasteiger partial charge in [-0.3, -0.25) is 0 Å². The molecule has 2 aromatic rings. The lowest BCUT2D eigenvalue weighted by molar-refractivity contribution is 0.0701. The molecule has 0 saturated carbocycles. The van der Waals surface area contributed by atoms with Crippen LogP contribution in [0.1, 0.15) is 34.1 Å². The van der Waals surface area contributed by atoms with Gasteiger partial charge < -0.3 is 5.11 Å². The van der Waals surface area contributed by atoms with Gasteiger partial charge in [0.05, 0.1) is 0 Å². The van der Waals surface area contributed by atoms with E-state index in [0.717, 1.165) is 16.9 Å². The van der Waals surface area contributed by atoms with Crippen LogP contribution in [0.3, 0.4) is 0 Å². The van der Waals surface area contributed by atoms with Gasteiger partial charge >= 0.3 is 5.97 Å². The van der Waals surface area contributed by atoms with Crippen molar-refractivity contribution in [1.82, 2.24) is 4.31 Å². The van der Waals surface area contributed by atoms with E-state index >= 15 is 0 Å². The first-order valence-corrected chi connectivity index (χ1v) is 9.49. The van der Waals surface area contributed by atoms with Crippen LogP contribution < -0.4 is 0 Å². The monoisotopic (exact) mass is 353 g/mol. The molecule has 0 aliphatic rings. The van der Waals surface area contributed by atoms with Crippen LogP contribution in [0.2, 0.25) is 0 Å². The second kappa shape index (κ2) is 7.25. The highest BCUT2D eigenvalue weighted by Crippen LogP contribution is 2.29. The van der Waals surface area contributed by atoms with E-state index in [2.05, 4.69) is 0 Å². The number of carboxylic acid groups (broad SMARTS) is 1. The lowest BCUT2D eigenvalue weighted by Crippen LogP contribution is -2.30. The molecule has 1 aromatic carbocycles. The van der Waals surface area contributed by atoms with Crippen LogP contribution in [0.15, 0.2) is 40.6 Å². The Bertz CT molecular complexity index is 782. The fraction of sp³-hybridized carbons (Fsp3) is 0.312. The predicted molar refractivity (Wildman–Crippen MR) is 90.3 cm³/mol. The molecule has 0 bridgehead atoms. The van der Waals surface area contributed by atoms with Gasteiger partial charge in [-0.25, -0.2) is 13.2 Å². The van der Waals surface area contributed by atoms with Gasteiger partial charge in [0.15, 0.2) is 0 Å². The number of rotatable bonds is 7. The molecule has 0 saturated heterocycles. The van der Waals surface area contributed by atoms with Crippen LogP contribution in [0.5, 0.6) is 0 Å². The van der Waals surface area contributed by atoms with Crippen LogP contribution in [-0.2, 0) is 16.6 Å². The highest BCUT2D eigenvalue weighted by molar-refractivity contribution is 7.91. The molecule has 1 aromatic heterocycles.